The molecule has 24 heavy (non-hydrogen) atoms. The van der Waals surface area contributed by atoms with E-state index in [9.17, 15) is 0 Å². The lowest BCUT2D eigenvalue weighted by molar-refractivity contribution is 0.324. The van der Waals surface area contributed by atoms with Crippen LogP contribution in [0.4, 0.5) is 0 Å². The molecule has 0 N–H and O–H groups in total. The Kier molecular flexibility index (Phi) is 4.21. The Labute approximate surface area is 141 Å². The van der Waals surface area contributed by atoms with Gasteiger partial charge in [0.1, 0.15) is 0 Å². The third-order valence-electron chi connectivity index (χ3n) is 4.26. The summed E-state index contributed by atoms with van der Waals surface area (Å²) in [6, 6.07) is 12.2. The molecule has 4 nitrogen and oxygen atoms in total. The Morgan fingerprint density at radius 1 is 0.917 bits per heavy atom. The molecule has 3 aromatic rings. The van der Waals surface area contributed by atoms with Gasteiger partial charge in [0.15, 0.2) is 11.5 Å². The molecule has 0 radical (unpaired) electrons. The predicted octanol–water partition coefficient (Wildman–Crippen LogP) is 4.27. The minimum absolute atomic E-state index is 0.569. The van der Waals surface area contributed by atoms with Crippen molar-refractivity contribution in [3.8, 4) is 17.2 Å². The molecule has 1 aromatic heterocycles. The van der Waals surface area contributed by atoms with Crippen LogP contribution in [0.5, 0.6) is 17.2 Å². The van der Waals surface area contributed by atoms with Crippen molar-refractivity contribution in [2.24, 2.45) is 7.05 Å². The quantitative estimate of drug-likeness (QED) is 0.703. The fourth-order valence-corrected chi connectivity index (χ4v) is 2.96. The van der Waals surface area contributed by atoms with Crippen molar-refractivity contribution < 1.29 is 14.2 Å². The third-order valence-corrected chi connectivity index (χ3v) is 4.26. The summed E-state index contributed by atoms with van der Waals surface area (Å²) in [5.41, 5.74) is 3.98. The van der Waals surface area contributed by atoms with Gasteiger partial charge in [-0.15, -0.1) is 0 Å². The van der Waals surface area contributed by atoms with Gasteiger partial charge in [0.05, 0.1) is 21.3 Å². The summed E-state index contributed by atoms with van der Waals surface area (Å²) >= 11 is 0. The first-order valence-corrected chi connectivity index (χ1v) is 7.64. The van der Waals surface area contributed by atoms with Gasteiger partial charge in [-0.25, -0.2) is 0 Å². The molecule has 0 aliphatic rings. The molecule has 1 heterocycles. The van der Waals surface area contributed by atoms with E-state index in [0.717, 1.165) is 16.7 Å². The van der Waals surface area contributed by atoms with Crippen molar-refractivity contribution in [1.82, 2.24) is 4.57 Å². The molecule has 0 saturated heterocycles. The summed E-state index contributed by atoms with van der Waals surface area (Å²) in [7, 11) is 6.86. The lowest BCUT2D eigenvalue weighted by atomic mass is 9.97. The van der Waals surface area contributed by atoms with Crippen molar-refractivity contribution >= 4 is 16.5 Å². The number of aryl methyl sites for hydroxylation is 1. The Morgan fingerprint density at radius 3 is 2.33 bits per heavy atom. The normalized spacial score (nSPS) is 10.7. The van der Waals surface area contributed by atoms with Gasteiger partial charge in [-0.2, -0.15) is 0 Å². The monoisotopic (exact) mass is 323 g/mol. The molecule has 0 saturated carbocycles. The predicted molar refractivity (Wildman–Crippen MR) is 97.2 cm³/mol. The summed E-state index contributed by atoms with van der Waals surface area (Å²) in [5, 5.41) is 1.18. The standard InChI is InChI=1S/C20H21NO3/c1-13(14-6-8-17-15(12-14)10-11-21(17)2)16-7-9-18(22-3)20(24-5)19(16)23-4/h6-12H,1H2,2-5H3. The SMILES string of the molecule is C=C(c1ccc2c(ccn2C)c1)c1ccc(OC)c(OC)c1OC. The van der Waals surface area contributed by atoms with Gasteiger partial charge >= 0.3 is 0 Å². The molecule has 0 aliphatic carbocycles. The highest BCUT2D eigenvalue weighted by Gasteiger charge is 2.18. The highest BCUT2D eigenvalue weighted by Crippen LogP contribution is 2.43. The molecule has 2 aromatic carbocycles. The van der Waals surface area contributed by atoms with Crippen LogP contribution in [-0.4, -0.2) is 25.9 Å². The maximum atomic E-state index is 5.57. The van der Waals surface area contributed by atoms with E-state index in [2.05, 4.69) is 35.4 Å². The Balaban J connectivity index is 2.11. The molecular formula is C20H21NO3. The van der Waals surface area contributed by atoms with Crippen molar-refractivity contribution in [2.75, 3.05) is 21.3 Å². The van der Waals surface area contributed by atoms with Gasteiger partial charge in [-0.05, 0) is 41.5 Å². The number of benzene rings is 2. The molecule has 4 heteroatoms. The summed E-state index contributed by atoms with van der Waals surface area (Å²) < 4.78 is 18.5. The minimum Gasteiger partial charge on any atom is -0.493 e. The van der Waals surface area contributed by atoms with E-state index in [4.69, 9.17) is 14.2 Å². The molecule has 0 spiro atoms. The van der Waals surface area contributed by atoms with Crippen LogP contribution in [0, 0.1) is 0 Å². The van der Waals surface area contributed by atoms with E-state index >= 15 is 0 Å². The van der Waals surface area contributed by atoms with E-state index in [1.54, 1.807) is 21.3 Å². The second-order valence-corrected chi connectivity index (χ2v) is 5.56. The van der Waals surface area contributed by atoms with Crippen molar-refractivity contribution in [3.63, 3.8) is 0 Å². The Hall–Kier alpha value is -2.88. The zero-order valence-electron chi connectivity index (χ0n) is 14.4. The van der Waals surface area contributed by atoms with Crippen molar-refractivity contribution in [3.05, 3.63) is 60.3 Å². The van der Waals surface area contributed by atoms with E-state index in [1.807, 2.05) is 25.4 Å². The number of nitrogens with zero attached hydrogens (tertiary/aromatic N) is 1. The number of methoxy groups -OCH3 is 3. The van der Waals surface area contributed by atoms with Crippen molar-refractivity contribution in [1.29, 1.82) is 0 Å². The lowest BCUT2D eigenvalue weighted by Crippen LogP contribution is -1.99. The highest BCUT2D eigenvalue weighted by molar-refractivity contribution is 5.89. The molecule has 0 fully saturated rings. The fourth-order valence-electron chi connectivity index (χ4n) is 2.96. The number of aromatic nitrogens is 1. The van der Waals surface area contributed by atoms with Crippen molar-refractivity contribution in [2.45, 2.75) is 0 Å². The number of fused-ring (bicyclic) bond motifs is 1. The largest absolute Gasteiger partial charge is 0.493 e. The van der Waals surface area contributed by atoms with Gasteiger partial charge in [0, 0.05) is 29.7 Å². The van der Waals surface area contributed by atoms with Crippen LogP contribution in [0.15, 0.2) is 49.2 Å². The van der Waals surface area contributed by atoms with Crippen LogP contribution in [0.3, 0.4) is 0 Å². The topological polar surface area (TPSA) is 32.6 Å². The number of hydrogen-bond acceptors (Lipinski definition) is 3. The summed E-state index contributed by atoms with van der Waals surface area (Å²) in [6.45, 7) is 4.27. The molecule has 124 valence electrons. The van der Waals surface area contributed by atoms with E-state index in [0.29, 0.717) is 17.2 Å². The van der Waals surface area contributed by atoms with Crippen LogP contribution in [0.1, 0.15) is 11.1 Å². The molecule has 3 rings (SSSR count). The molecule has 0 bridgehead atoms. The summed E-state index contributed by atoms with van der Waals surface area (Å²) in [4.78, 5) is 0. The fraction of sp³-hybridized carbons (Fsp3) is 0.200. The van der Waals surface area contributed by atoms with Crippen LogP contribution in [0.2, 0.25) is 0 Å². The number of rotatable bonds is 5. The maximum Gasteiger partial charge on any atom is 0.203 e. The Bertz CT molecular complexity index is 909. The first-order valence-electron chi connectivity index (χ1n) is 7.64. The number of hydrogen-bond donors (Lipinski definition) is 0. The van der Waals surface area contributed by atoms with Crippen LogP contribution < -0.4 is 14.2 Å². The van der Waals surface area contributed by atoms with Gasteiger partial charge in [-0.3, -0.25) is 0 Å². The molecule has 0 unspecified atom stereocenters. The number of ether oxygens (including phenoxy) is 3. The van der Waals surface area contributed by atoms with Crippen LogP contribution in [0.25, 0.3) is 16.5 Å². The van der Waals surface area contributed by atoms with Gasteiger partial charge in [0.25, 0.3) is 0 Å². The first-order chi connectivity index (χ1) is 11.6. The van der Waals surface area contributed by atoms with Gasteiger partial charge in [-0.1, -0.05) is 12.6 Å². The second kappa shape index (κ2) is 6.32. The minimum atomic E-state index is 0.569. The average molecular weight is 323 g/mol. The highest BCUT2D eigenvalue weighted by atomic mass is 16.5. The molecule has 0 aliphatic heterocycles. The van der Waals surface area contributed by atoms with E-state index < -0.39 is 0 Å². The third kappa shape index (κ3) is 2.50. The van der Waals surface area contributed by atoms with Crippen LogP contribution >= 0.6 is 0 Å². The molecule has 0 atom stereocenters. The zero-order valence-corrected chi connectivity index (χ0v) is 14.4. The van der Waals surface area contributed by atoms with Crippen LogP contribution in [-0.2, 0) is 7.05 Å². The lowest BCUT2D eigenvalue weighted by Gasteiger charge is -2.17. The molecular weight excluding hydrogens is 302 g/mol. The van der Waals surface area contributed by atoms with E-state index in [-0.39, 0.29) is 0 Å². The zero-order chi connectivity index (χ0) is 17.3. The van der Waals surface area contributed by atoms with Gasteiger partial charge in [0.2, 0.25) is 5.75 Å². The summed E-state index contributed by atoms with van der Waals surface area (Å²) in [5.74, 6) is 1.82. The second-order valence-electron chi connectivity index (χ2n) is 5.56. The first kappa shape index (κ1) is 16.0. The molecule has 0 amide bonds. The average Bonchev–Trinajstić information content (AvgIpc) is 3.00. The van der Waals surface area contributed by atoms with E-state index in [1.165, 1.54) is 10.9 Å². The summed E-state index contributed by atoms with van der Waals surface area (Å²) in [6.07, 6.45) is 2.05. The van der Waals surface area contributed by atoms with Gasteiger partial charge < -0.3 is 18.8 Å². The maximum absolute atomic E-state index is 5.57. The Morgan fingerprint density at radius 2 is 1.67 bits per heavy atom. The smallest absolute Gasteiger partial charge is 0.203 e.